The Hall–Kier alpha value is -6.25. The molecule has 1 saturated heterocycles. The van der Waals surface area contributed by atoms with Gasteiger partial charge in [-0.1, -0.05) is 71.7 Å². The normalized spacial score (nSPS) is 17.0. The summed E-state index contributed by atoms with van der Waals surface area (Å²) < 4.78 is 10.8. The number of aromatic nitrogens is 8. The van der Waals surface area contributed by atoms with E-state index >= 15 is 0 Å². The summed E-state index contributed by atoms with van der Waals surface area (Å²) in [5.41, 5.74) is 17.0. The lowest BCUT2D eigenvalue weighted by Gasteiger charge is -2.39. The third-order valence-corrected chi connectivity index (χ3v) is 10.7. The fraction of sp³-hybridized carbons (Fsp3) is 0.342. The summed E-state index contributed by atoms with van der Waals surface area (Å²) in [6, 6.07) is 17.6. The molecule has 15 nitrogen and oxygen atoms in total. The van der Waals surface area contributed by atoms with E-state index in [0.29, 0.717) is 30.8 Å². The Kier molecular flexibility index (Phi) is 8.76. The molecule has 2 aliphatic carbocycles. The molecule has 15 heteroatoms. The molecular formula is C38H40N12O3. The second-order valence-corrected chi connectivity index (χ2v) is 14.0. The van der Waals surface area contributed by atoms with Gasteiger partial charge in [-0.3, -0.25) is 9.69 Å². The Morgan fingerprint density at radius 1 is 0.642 bits per heavy atom. The maximum absolute atomic E-state index is 12.0. The van der Waals surface area contributed by atoms with Gasteiger partial charge >= 0.3 is 12.0 Å². The smallest absolute Gasteiger partial charge is 0.330 e. The Morgan fingerprint density at radius 3 is 1.51 bits per heavy atom. The van der Waals surface area contributed by atoms with E-state index in [1.807, 2.05) is 19.0 Å². The number of nitrogens with two attached hydrogens (primary N) is 2. The van der Waals surface area contributed by atoms with Crippen LogP contribution in [-0.4, -0.2) is 66.8 Å². The van der Waals surface area contributed by atoms with Crippen LogP contribution in [0.5, 0.6) is 0 Å². The molecule has 3 aliphatic rings. The van der Waals surface area contributed by atoms with Crippen molar-refractivity contribution in [1.82, 2.24) is 40.2 Å². The molecule has 4 aromatic heterocycles. The highest BCUT2D eigenvalue weighted by Gasteiger charge is 2.46. The van der Waals surface area contributed by atoms with Gasteiger partial charge in [-0.25, -0.2) is 19.9 Å². The van der Waals surface area contributed by atoms with Gasteiger partial charge in [-0.15, -0.1) is 0 Å². The number of rotatable bonds is 8. The van der Waals surface area contributed by atoms with E-state index in [4.69, 9.17) is 20.5 Å². The lowest BCUT2D eigenvalue weighted by molar-refractivity contribution is -0.117. The number of hydrogen-bond acceptors (Lipinski definition) is 14. The van der Waals surface area contributed by atoms with Crippen molar-refractivity contribution in [2.45, 2.75) is 62.2 Å². The van der Waals surface area contributed by atoms with Gasteiger partial charge in [0.25, 0.3) is 0 Å². The highest BCUT2D eigenvalue weighted by atomic mass is 16.5. The van der Waals surface area contributed by atoms with Crippen molar-refractivity contribution in [3.8, 4) is 22.3 Å². The molecule has 0 spiro atoms. The number of benzene rings is 2. The molecule has 4 N–H and O–H groups in total. The highest BCUT2D eigenvalue weighted by Crippen LogP contribution is 2.49. The third kappa shape index (κ3) is 6.32. The van der Waals surface area contributed by atoms with E-state index in [-0.39, 0.29) is 28.6 Å². The topological polar surface area (TPSA) is 205 Å². The van der Waals surface area contributed by atoms with E-state index in [2.05, 4.69) is 88.7 Å². The van der Waals surface area contributed by atoms with Crippen LogP contribution in [0.15, 0.2) is 82.4 Å². The van der Waals surface area contributed by atoms with E-state index in [1.165, 1.54) is 12.0 Å². The molecule has 0 unspecified atom stereocenters. The van der Waals surface area contributed by atoms with Gasteiger partial charge in [0.2, 0.25) is 17.8 Å². The second kappa shape index (κ2) is 13.7. The average molecular weight is 713 g/mol. The van der Waals surface area contributed by atoms with Crippen molar-refractivity contribution in [2.24, 2.45) is 0 Å². The van der Waals surface area contributed by atoms with Crippen molar-refractivity contribution < 1.29 is 13.8 Å². The van der Waals surface area contributed by atoms with Crippen molar-refractivity contribution >= 4 is 29.8 Å². The first-order chi connectivity index (χ1) is 25.7. The van der Waals surface area contributed by atoms with Crippen LogP contribution in [0, 0.1) is 0 Å². The van der Waals surface area contributed by atoms with Crippen LogP contribution < -0.4 is 21.3 Å². The molecule has 0 bridgehead atoms. The molecule has 6 aromatic rings. The number of carbonyl (C=O) groups excluding carboxylic acids is 1. The predicted molar refractivity (Wildman–Crippen MR) is 198 cm³/mol. The largest absolute Gasteiger partial charge is 0.368 e. The summed E-state index contributed by atoms with van der Waals surface area (Å²) in [6.07, 6.45) is 14.5. The number of nitrogens with zero attached hydrogens (tertiary/aromatic N) is 10. The Morgan fingerprint density at radius 2 is 1.11 bits per heavy atom. The average Bonchev–Trinajstić information content (AvgIpc) is 3.92. The molecule has 1 aliphatic heterocycles. The molecule has 2 saturated carbocycles. The van der Waals surface area contributed by atoms with Crippen LogP contribution in [0.3, 0.4) is 0 Å². The first-order valence-corrected chi connectivity index (χ1v) is 17.8. The lowest BCUT2D eigenvalue weighted by Crippen LogP contribution is -2.36. The molecule has 0 atom stereocenters. The van der Waals surface area contributed by atoms with Gasteiger partial charge in [0.05, 0.1) is 10.8 Å². The number of anilines is 4. The van der Waals surface area contributed by atoms with Crippen molar-refractivity contribution in [2.75, 3.05) is 41.9 Å². The summed E-state index contributed by atoms with van der Waals surface area (Å²) >= 11 is 0. The van der Waals surface area contributed by atoms with Gasteiger partial charge in [0, 0.05) is 63.0 Å². The maximum Gasteiger partial charge on any atom is 0.330 e. The van der Waals surface area contributed by atoms with Crippen LogP contribution in [0.4, 0.5) is 23.9 Å². The predicted octanol–water partition coefficient (Wildman–Crippen LogP) is 5.35. The standard InChI is InChI=1S/C20H20N6O2.C18H20N6O/c21-18-22-11-14(12-23-18)13-4-6-15(7-5-13)20(8-2-9-20)17-24-19(28-25-17)26-10-1-3-16(26)27;1-24(2)17-22-15(23-25-17)18(8-3-9-18)14-6-4-12(5-7-14)13-10-20-16(19)21-11-13/h4-7,11-12H,1-3,8-10H2,(H2,21,22,23);4-7,10-11H,3,8-9H2,1-2H3,(H2,19,20,21). The molecule has 9 rings (SSSR count). The van der Waals surface area contributed by atoms with Crippen molar-refractivity contribution in [3.05, 3.63) is 96.1 Å². The van der Waals surface area contributed by atoms with Gasteiger partial charge in [-0.2, -0.15) is 9.97 Å². The summed E-state index contributed by atoms with van der Waals surface area (Å²) in [5, 5.41) is 8.48. The molecule has 1 amide bonds. The van der Waals surface area contributed by atoms with Crippen LogP contribution in [0.2, 0.25) is 0 Å². The zero-order valence-electron chi connectivity index (χ0n) is 29.6. The first kappa shape index (κ1) is 33.9. The van der Waals surface area contributed by atoms with Crippen LogP contribution in [0.1, 0.15) is 74.1 Å². The van der Waals surface area contributed by atoms with Crippen LogP contribution in [-0.2, 0) is 15.6 Å². The number of carbonyl (C=O) groups is 1. The van der Waals surface area contributed by atoms with E-state index in [1.54, 1.807) is 29.7 Å². The minimum atomic E-state index is -0.249. The minimum absolute atomic E-state index is 0.0490. The van der Waals surface area contributed by atoms with E-state index in [0.717, 1.165) is 72.2 Å². The molecule has 53 heavy (non-hydrogen) atoms. The fourth-order valence-electron chi connectivity index (χ4n) is 7.24. The quantitative estimate of drug-likeness (QED) is 0.204. The molecule has 5 heterocycles. The lowest BCUT2D eigenvalue weighted by atomic mass is 9.64. The van der Waals surface area contributed by atoms with Crippen molar-refractivity contribution in [1.29, 1.82) is 0 Å². The monoisotopic (exact) mass is 712 g/mol. The van der Waals surface area contributed by atoms with Gasteiger partial charge in [0.1, 0.15) is 0 Å². The number of nitrogen functional groups attached to an aromatic ring is 2. The molecular weight excluding hydrogens is 672 g/mol. The Labute approximate surface area is 305 Å². The van der Waals surface area contributed by atoms with Crippen molar-refractivity contribution in [3.63, 3.8) is 0 Å². The zero-order valence-corrected chi connectivity index (χ0v) is 29.6. The minimum Gasteiger partial charge on any atom is -0.368 e. The SMILES string of the molecule is CN(C)c1nc(C2(c3ccc(-c4cnc(N)nc4)cc3)CCC2)no1.Nc1ncc(-c2ccc(C3(c4noc(N5CCCC5=O)n4)CCC3)cc2)cn1. The van der Waals surface area contributed by atoms with E-state index < -0.39 is 0 Å². The number of amides is 1. The third-order valence-electron chi connectivity index (χ3n) is 10.7. The Balaban J connectivity index is 0.000000152. The molecule has 2 aromatic carbocycles. The van der Waals surface area contributed by atoms with Gasteiger partial charge < -0.3 is 25.4 Å². The Bertz CT molecular complexity index is 2190. The van der Waals surface area contributed by atoms with Gasteiger partial charge in [-0.05, 0) is 54.4 Å². The highest BCUT2D eigenvalue weighted by molar-refractivity contribution is 5.93. The fourth-order valence-corrected chi connectivity index (χ4v) is 7.24. The summed E-state index contributed by atoms with van der Waals surface area (Å²) in [4.78, 5) is 40.8. The maximum atomic E-state index is 12.0. The van der Waals surface area contributed by atoms with Gasteiger partial charge in [0.15, 0.2) is 11.6 Å². The molecule has 0 radical (unpaired) electrons. The molecule has 3 fully saturated rings. The first-order valence-electron chi connectivity index (χ1n) is 17.8. The summed E-state index contributed by atoms with van der Waals surface area (Å²) in [6.45, 7) is 0.645. The molecule has 270 valence electrons. The number of hydrogen-bond donors (Lipinski definition) is 2. The van der Waals surface area contributed by atoms with Crippen LogP contribution in [0.25, 0.3) is 22.3 Å². The van der Waals surface area contributed by atoms with E-state index in [9.17, 15) is 4.79 Å². The summed E-state index contributed by atoms with van der Waals surface area (Å²) in [5.74, 6) is 2.02. The zero-order chi connectivity index (χ0) is 36.6. The summed E-state index contributed by atoms with van der Waals surface area (Å²) in [7, 11) is 3.79. The van der Waals surface area contributed by atoms with Crippen LogP contribution >= 0.6 is 0 Å². The second-order valence-electron chi connectivity index (χ2n) is 14.0.